The van der Waals surface area contributed by atoms with Gasteiger partial charge in [-0.05, 0) is 65.3 Å². The average Bonchev–Trinajstić information content (AvgIpc) is 2.79. The molecule has 1 aromatic rings. The van der Waals surface area contributed by atoms with Crippen LogP contribution in [0.2, 0.25) is 0 Å². The van der Waals surface area contributed by atoms with Crippen molar-refractivity contribution in [2.45, 2.75) is 45.3 Å². The second-order valence-corrected chi connectivity index (χ2v) is 12.0. The number of likely N-dealkylation sites (N-methyl/N-ethyl adjacent to an activating group) is 1. The summed E-state index contributed by atoms with van der Waals surface area (Å²) in [4.78, 5) is 42.6. The van der Waals surface area contributed by atoms with Gasteiger partial charge in [0.2, 0.25) is 5.78 Å². The Bertz CT molecular complexity index is 1440. The van der Waals surface area contributed by atoms with Crippen LogP contribution in [-0.2, 0) is 20.8 Å². The molecule has 4 atom stereocenters. The molecule has 3 aliphatic carbocycles. The molecule has 0 bridgehead atoms. The highest BCUT2D eigenvalue weighted by molar-refractivity contribution is 6.24. The zero-order valence-electron chi connectivity index (χ0n) is 23.2. The molecule has 3 aliphatic rings. The lowest BCUT2D eigenvalue weighted by Crippen LogP contribution is -2.65. The number of benzene rings is 1. The number of carbonyl (C=O) groups excluding carboxylic acids is 3. The quantitative estimate of drug-likeness (QED) is 0.283. The summed E-state index contributed by atoms with van der Waals surface area (Å²) >= 11 is 0. The van der Waals surface area contributed by atoms with Crippen LogP contribution >= 0.6 is 0 Å². The number of phenols is 1. The van der Waals surface area contributed by atoms with E-state index in [2.05, 4.69) is 11.8 Å². The number of aliphatic hydroxyl groups excluding tert-OH is 2. The number of nitrogens with zero attached hydrogens (tertiary/aromatic N) is 2. The molecular weight excluding hydrogens is 502 g/mol. The van der Waals surface area contributed by atoms with Crippen LogP contribution in [0.15, 0.2) is 23.0 Å². The Morgan fingerprint density at radius 1 is 1.13 bits per heavy atom. The van der Waals surface area contributed by atoms with Gasteiger partial charge in [-0.25, -0.2) is 0 Å². The molecule has 1 fully saturated rings. The molecule has 1 amide bonds. The standard InChI is InChI=1S/C29H35N3O7/c1-28(2,3)9-8-13-12-17(31(4)5)15-10-14-11-16-21(32(6)7)24(35)20(27(30)38)26(37)29(16,39)25(36)18(14)23(34)19(15)22(13)33/h12,14,16,21,33-34,37,39H,10-11H2,1-7H3,(H2,30,38)/t14-,16-,21-,29-/m1/s1. The lowest BCUT2D eigenvalue weighted by molar-refractivity contribution is -0.153. The fourth-order valence-electron chi connectivity index (χ4n) is 6.04. The number of ketones is 2. The average molecular weight is 538 g/mol. The van der Waals surface area contributed by atoms with E-state index in [1.165, 1.54) is 4.90 Å². The van der Waals surface area contributed by atoms with Crippen molar-refractivity contribution in [3.8, 4) is 17.6 Å². The Labute approximate surface area is 227 Å². The normalized spacial score (nSPS) is 26.5. The Hall–Kier alpha value is -3.81. The highest BCUT2D eigenvalue weighted by atomic mass is 16.3. The third-order valence-corrected chi connectivity index (χ3v) is 7.75. The highest BCUT2D eigenvalue weighted by Gasteiger charge is 2.64. The smallest absolute Gasteiger partial charge is 0.255 e. The summed E-state index contributed by atoms with van der Waals surface area (Å²) in [5.41, 5.74) is 2.85. The van der Waals surface area contributed by atoms with Crippen molar-refractivity contribution >= 4 is 28.9 Å². The molecule has 39 heavy (non-hydrogen) atoms. The van der Waals surface area contributed by atoms with Crippen LogP contribution in [0, 0.1) is 29.1 Å². The van der Waals surface area contributed by atoms with Gasteiger partial charge in [-0.3, -0.25) is 19.3 Å². The number of anilines is 1. The first-order valence-electron chi connectivity index (χ1n) is 12.7. The number of carbonyl (C=O) groups is 3. The molecule has 10 nitrogen and oxygen atoms in total. The van der Waals surface area contributed by atoms with Crippen molar-refractivity contribution in [2.75, 3.05) is 33.1 Å². The summed E-state index contributed by atoms with van der Waals surface area (Å²) in [7, 11) is 6.75. The first-order valence-corrected chi connectivity index (χ1v) is 12.7. The summed E-state index contributed by atoms with van der Waals surface area (Å²) in [6, 6.07) is 0.603. The molecule has 0 heterocycles. The van der Waals surface area contributed by atoms with E-state index in [-0.39, 0.29) is 40.7 Å². The summed E-state index contributed by atoms with van der Waals surface area (Å²) < 4.78 is 0. The van der Waals surface area contributed by atoms with Crippen LogP contribution in [0.25, 0.3) is 5.76 Å². The molecule has 10 heteroatoms. The van der Waals surface area contributed by atoms with E-state index in [4.69, 9.17) is 5.73 Å². The van der Waals surface area contributed by atoms with E-state index in [1.54, 1.807) is 20.2 Å². The summed E-state index contributed by atoms with van der Waals surface area (Å²) in [6.45, 7) is 5.75. The SMILES string of the molecule is CN(C)c1cc(C#CC(C)(C)C)c(O)c2c1C[C@@H]1C[C@@H]3[C@@H](N(C)C)C(=O)C(C(N)=O)=C(O)[C@]3(O)C(=O)C1=C2O. The fourth-order valence-corrected chi connectivity index (χ4v) is 6.04. The van der Waals surface area contributed by atoms with Gasteiger partial charge in [0.05, 0.1) is 17.2 Å². The lowest BCUT2D eigenvalue weighted by atomic mass is 9.57. The number of phenolic OH excluding ortho intramolecular Hbond substituents is 1. The maximum atomic E-state index is 14.0. The number of nitrogens with two attached hydrogens (primary N) is 1. The molecule has 0 spiro atoms. The fraction of sp³-hybridized carbons (Fsp3) is 0.483. The second-order valence-electron chi connectivity index (χ2n) is 12.0. The number of primary amides is 1. The Balaban J connectivity index is 2.01. The van der Waals surface area contributed by atoms with Gasteiger partial charge >= 0.3 is 0 Å². The minimum atomic E-state index is -2.67. The summed E-state index contributed by atoms with van der Waals surface area (Å²) in [5, 5.41) is 45.5. The molecule has 0 unspecified atom stereocenters. The molecule has 208 valence electrons. The molecule has 1 aromatic carbocycles. The minimum Gasteiger partial charge on any atom is -0.508 e. The van der Waals surface area contributed by atoms with Gasteiger partial charge in [0.15, 0.2) is 11.4 Å². The number of fused-ring (bicyclic) bond motifs is 3. The molecule has 4 rings (SSSR count). The van der Waals surface area contributed by atoms with Crippen molar-refractivity contribution in [1.82, 2.24) is 4.90 Å². The van der Waals surface area contributed by atoms with Crippen LogP contribution in [0.3, 0.4) is 0 Å². The number of aliphatic hydroxyl groups is 3. The van der Waals surface area contributed by atoms with Gasteiger partial charge in [-0.1, -0.05) is 11.8 Å². The molecule has 6 N–H and O–H groups in total. The van der Waals surface area contributed by atoms with E-state index in [1.807, 2.05) is 39.8 Å². The maximum absolute atomic E-state index is 14.0. The third kappa shape index (κ3) is 4.17. The van der Waals surface area contributed by atoms with E-state index in [0.717, 1.165) is 0 Å². The van der Waals surface area contributed by atoms with Crippen molar-refractivity contribution in [3.63, 3.8) is 0 Å². The number of Topliss-reactive ketones (excluding diaryl/α,β-unsaturated/α-hetero) is 2. The van der Waals surface area contributed by atoms with Gasteiger partial charge in [-0.2, -0.15) is 0 Å². The lowest BCUT2D eigenvalue weighted by Gasteiger charge is -2.50. The van der Waals surface area contributed by atoms with Crippen LogP contribution in [-0.4, -0.2) is 82.6 Å². The number of aromatic hydroxyl groups is 1. The predicted octanol–water partition coefficient (Wildman–Crippen LogP) is 1.43. The number of amides is 1. The molecule has 0 saturated heterocycles. The topological polar surface area (TPSA) is 165 Å². The van der Waals surface area contributed by atoms with Gasteiger partial charge in [-0.15, -0.1) is 0 Å². The zero-order valence-corrected chi connectivity index (χ0v) is 23.2. The monoisotopic (exact) mass is 537 g/mol. The highest BCUT2D eigenvalue weighted by Crippen LogP contribution is 2.54. The molecule has 0 aromatic heterocycles. The van der Waals surface area contributed by atoms with Gasteiger partial charge in [0, 0.05) is 36.7 Å². The van der Waals surface area contributed by atoms with Crippen molar-refractivity contribution < 1.29 is 34.8 Å². The minimum absolute atomic E-state index is 0.0238. The Kier molecular flexibility index (Phi) is 6.61. The van der Waals surface area contributed by atoms with Gasteiger partial charge in [0.25, 0.3) is 5.91 Å². The molecular formula is C29H35N3O7. The number of rotatable bonds is 3. The van der Waals surface area contributed by atoms with Gasteiger partial charge < -0.3 is 31.1 Å². The molecule has 0 radical (unpaired) electrons. The van der Waals surface area contributed by atoms with E-state index < -0.39 is 58.0 Å². The predicted molar refractivity (Wildman–Crippen MR) is 145 cm³/mol. The number of hydrogen-bond acceptors (Lipinski definition) is 9. The van der Waals surface area contributed by atoms with E-state index >= 15 is 0 Å². The maximum Gasteiger partial charge on any atom is 0.255 e. The van der Waals surface area contributed by atoms with Crippen LogP contribution in [0.5, 0.6) is 5.75 Å². The van der Waals surface area contributed by atoms with Gasteiger partial charge in [0.1, 0.15) is 22.8 Å². The van der Waals surface area contributed by atoms with Crippen molar-refractivity contribution in [3.05, 3.63) is 39.7 Å². The zero-order chi connectivity index (χ0) is 29.4. The van der Waals surface area contributed by atoms with Crippen LogP contribution in [0.1, 0.15) is 43.9 Å². The van der Waals surface area contributed by atoms with Crippen molar-refractivity contribution in [1.29, 1.82) is 0 Å². The van der Waals surface area contributed by atoms with E-state index in [0.29, 0.717) is 11.3 Å². The summed E-state index contributed by atoms with van der Waals surface area (Å²) in [6.07, 6.45) is 0.244. The first-order chi connectivity index (χ1) is 17.9. The van der Waals surface area contributed by atoms with Crippen molar-refractivity contribution in [2.24, 2.45) is 23.0 Å². The largest absolute Gasteiger partial charge is 0.508 e. The van der Waals surface area contributed by atoms with Crippen LogP contribution in [0.4, 0.5) is 5.69 Å². The molecule has 1 saturated carbocycles. The second kappa shape index (κ2) is 9.14. The number of hydrogen-bond donors (Lipinski definition) is 5. The Morgan fingerprint density at radius 2 is 1.74 bits per heavy atom. The van der Waals surface area contributed by atoms with Crippen LogP contribution < -0.4 is 10.6 Å². The third-order valence-electron chi connectivity index (χ3n) is 7.75. The molecule has 0 aliphatic heterocycles. The first kappa shape index (κ1) is 28.2. The summed E-state index contributed by atoms with van der Waals surface area (Å²) in [5.74, 6) is -0.777. The Morgan fingerprint density at radius 3 is 2.26 bits per heavy atom. The van der Waals surface area contributed by atoms with E-state index in [9.17, 15) is 34.8 Å².